The highest BCUT2D eigenvalue weighted by atomic mass is 16.3. The molecule has 1 aliphatic rings. The van der Waals surface area contributed by atoms with Crippen molar-refractivity contribution in [3.05, 3.63) is 87.6 Å². The Morgan fingerprint density at radius 1 is 1.08 bits per heavy atom. The summed E-state index contributed by atoms with van der Waals surface area (Å²) in [4.78, 5) is 18.5. The molecule has 0 spiro atoms. The van der Waals surface area contributed by atoms with E-state index in [1.807, 2.05) is 57.6 Å². The van der Waals surface area contributed by atoms with Gasteiger partial charge in [0.25, 0.3) is 5.56 Å². The maximum atomic E-state index is 14.0. The molecule has 2 heterocycles. The van der Waals surface area contributed by atoms with Gasteiger partial charge in [-0.3, -0.25) is 9.36 Å². The van der Waals surface area contributed by atoms with Gasteiger partial charge in [0.15, 0.2) is 0 Å². The topological polar surface area (TPSA) is 96.2 Å². The first-order chi connectivity index (χ1) is 17.6. The fourth-order valence-electron chi connectivity index (χ4n) is 5.50. The van der Waals surface area contributed by atoms with Gasteiger partial charge in [0, 0.05) is 24.6 Å². The molecule has 7 heteroatoms. The monoisotopic (exact) mass is 481 g/mol. The molecule has 1 saturated carbocycles. The molecule has 0 aliphatic heterocycles. The minimum Gasteiger partial charge on any atom is -0.396 e. The van der Waals surface area contributed by atoms with Crippen molar-refractivity contribution in [2.75, 3.05) is 6.61 Å². The van der Waals surface area contributed by atoms with E-state index in [4.69, 9.17) is 0 Å². The smallest absolute Gasteiger partial charge is 0.259 e. The maximum absolute atomic E-state index is 14.0. The quantitative estimate of drug-likeness (QED) is 0.413. The molecule has 1 fully saturated rings. The predicted molar refractivity (Wildman–Crippen MR) is 139 cm³/mol. The first kappa shape index (κ1) is 24.0. The van der Waals surface area contributed by atoms with Crippen LogP contribution in [0.5, 0.6) is 0 Å². The molecule has 0 bridgehead atoms. The van der Waals surface area contributed by atoms with E-state index in [0.29, 0.717) is 23.7 Å². The van der Waals surface area contributed by atoms with E-state index in [-0.39, 0.29) is 18.2 Å². The second-order valence-electron chi connectivity index (χ2n) is 9.71. The van der Waals surface area contributed by atoms with Crippen LogP contribution in [0.25, 0.3) is 16.9 Å². The van der Waals surface area contributed by atoms with Crippen LogP contribution < -0.4 is 5.56 Å². The number of nitriles is 1. The molecule has 36 heavy (non-hydrogen) atoms. The molecule has 0 atom stereocenters. The summed E-state index contributed by atoms with van der Waals surface area (Å²) >= 11 is 0. The van der Waals surface area contributed by atoms with Gasteiger partial charge in [-0.2, -0.15) is 15.3 Å². The third-order valence-corrected chi connectivity index (χ3v) is 7.45. The van der Waals surface area contributed by atoms with Crippen molar-refractivity contribution in [3.8, 4) is 17.2 Å². The van der Waals surface area contributed by atoms with Crippen LogP contribution in [0.3, 0.4) is 0 Å². The summed E-state index contributed by atoms with van der Waals surface area (Å²) in [7, 11) is 0. The summed E-state index contributed by atoms with van der Waals surface area (Å²) in [5.74, 6) is 0.928. The van der Waals surface area contributed by atoms with Crippen LogP contribution in [0.15, 0.2) is 59.7 Å². The molecule has 0 amide bonds. The second-order valence-corrected chi connectivity index (χ2v) is 9.71. The molecule has 0 unspecified atom stereocenters. The first-order valence-corrected chi connectivity index (χ1v) is 12.8. The zero-order chi connectivity index (χ0) is 25.1. The average molecular weight is 482 g/mol. The number of aromatic nitrogens is 4. The van der Waals surface area contributed by atoms with Crippen LogP contribution in [0.2, 0.25) is 0 Å². The summed E-state index contributed by atoms with van der Waals surface area (Å²) < 4.78 is 3.71. The summed E-state index contributed by atoms with van der Waals surface area (Å²) in [6, 6.07) is 18.0. The van der Waals surface area contributed by atoms with Crippen molar-refractivity contribution in [1.29, 1.82) is 5.26 Å². The maximum Gasteiger partial charge on any atom is 0.259 e. The molecule has 0 radical (unpaired) electrons. The number of aliphatic hydroxyl groups is 1. The second kappa shape index (κ2) is 10.5. The Morgan fingerprint density at radius 2 is 1.83 bits per heavy atom. The lowest BCUT2D eigenvalue weighted by atomic mass is 9.86. The number of nitrogens with zero attached hydrogens (tertiary/aromatic N) is 5. The lowest BCUT2D eigenvalue weighted by Crippen LogP contribution is -2.34. The summed E-state index contributed by atoms with van der Waals surface area (Å²) in [5.41, 5.74) is 5.28. The van der Waals surface area contributed by atoms with E-state index < -0.39 is 0 Å². The Hall–Kier alpha value is -3.76. The van der Waals surface area contributed by atoms with E-state index >= 15 is 0 Å². The molecule has 7 nitrogen and oxygen atoms in total. The van der Waals surface area contributed by atoms with Crippen LogP contribution in [0, 0.1) is 17.2 Å². The summed E-state index contributed by atoms with van der Waals surface area (Å²) in [5, 5.41) is 23.5. The number of hydrogen-bond acceptors (Lipinski definition) is 5. The van der Waals surface area contributed by atoms with Crippen LogP contribution in [0.1, 0.15) is 67.5 Å². The average Bonchev–Trinajstić information content (AvgIpc) is 3.41. The molecule has 2 aromatic carbocycles. The van der Waals surface area contributed by atoms with E-state index in [9.17, 15) is 15.2 Å². The zero-order valence-corrected chi connectivity index (χ0v) is 20.6. The summed E-state index contributed by atoms with van der Waals surface area (Å²) in [6.45, 7) is 2.31. The normalized spacial score (nSPS) is 17.8. The van der Waals surface area contributed by atoms with Gasteiger partial charge < -0.3 is 5.11 Å². The number of hydrogen-bond donors (Lipinski definition) is 1. The highest BCUT2D eigenvalue weighted by Crippen LogP contribution is 2.32. The lowest BCUT2D eigenvalue weighted by molar-refractivity contribution is 0.168. The molecule has 1 N–H and O–H groups in total. The molecule has 4 aromatic rings. The Labute approximate surface area is 210 Å². The van der Waals surface area contributed by atoms with Crippen molar-refractivity contribution in [3.63, 3.8) is 0 Å². The van der Waals surface area contributed by atoms with Gasteiger partial charge >= 0.3 is 0 Å². The van der Waals surface area contributed by atoms with E-state index in [0.717, 1.165) is 66.5 Å². The Morgan fingerprint density at radius 3 is 2.53 bits per heavy atom. The van der Waals surface area contributed by atoms with Crippen molar-refractivity contribution in [2.45, 2.75) is 57.9 Å². The van der Waals surface area contributed by atoms with Crippen LogP contribution >= 0.6 is 0 Å². The highest BCUT2D eigenvalue weighted by Gasteiger charge is 2.27. The fourth-order valence-corrected chi connectivity index (χ4v) is 5.50. The summed E-state index contributed by atoms with van der Waals surface area (Å²) in [6.07, 6.45) is 7.22. The molecular weight excluding hydrogens is 450 g/mol. The van der Waals surface area contributed by atoms with Crippen LogP contribution in [0.4, 0.5) is 0 Å². The Balaban J connectivity index is 1.54. The number of aryl methyl sites for hydroxylation is 1. The van der Waals surface area contributed by atoms with Gasteiger partial charge in [0.1, 0.15) is 6.33 Å². The van der Waals surface area contributed by atoms with Gasteiger partial charge in [-0.1, -0.05) is 55.8 Å². The third-order valence-electron chi connectivity index (χ3n) is 7.45. The lowest BCUT2D eigenvalue weighted by Gasteiger charge is -2.29. The van der Waals surface area contributed by atoms with Crippen LogP contribution in [-0.2, 0) is 12.8 Å². The Bertz CT molecular complexity index is 1450. The molecule has 5 rings (SSSR count). The van der Waals surface area contributed by atoms with Gasteiger partial charge in [-0.05, 0) is 60.8 Å². The third kappa shape index (κ3) is 4.45. The van der Waals surface area contributed by atoms with Crippen molar-refractivity contribution in [1.82, 2.24) is 19.2 Å². The van der Waals surface area contributed by atoms with Gasteiger partial charge in [0.2, 0.25) is 5.78 Å². The fraction of sp³-hybridized carbons (Fsp3) is 0.379. The minimum atomic E-state index is 0.0188. The highest BCUT2D eigenvalue weighted by molar-refractivity contribution is 5.70. The molecule has 2 aromatic heterocycles. The zero-order valence-electron chi connectivity index (χ0n) is 20.6. The van der Waals surface area contributed by atoms with Crippen molar-refractivity contribution < 1.29 is 5.11 Å². The minimum absolute atomic E-state index is 0.0188. The van der Waals surface area contributed by atoms with E-state index in [1.165, 1.54) is 6.33 Å². The molecular formula is C29H31N5O2. The van der Waals surface area contributed by atoms with Crippen molar-refractivity contribution >= 4 is 5.78 Å². The first-order valence-electron chi connectivity index (χ1n) is 12.8. The molecule has 0 saturated heterocycles. The van der Waals surface area contributed by atoms with Gasteiger partial charge in [-0.15, -0.1) is 0 Å². The van der Waals surface area contributed by atoms with E-state index in [1.54, 1.807) is 0 Å². The number of benzene rings is 2. The predicted octanol–water partition coefficient (Wildman–Crippen LogP) is 4.70. The van der Waals surface area contributed by atoms with Crippen LogP contribution in [-0.4, -0.2) is 30.9 Å². The largest absolute Gasteiger partial charge is 0.396 e. The molecule has 184 valence electrons. The number of fused-ring (bicyclic) bond motifs is 1. The number of rotatable bonds is 7. The van der Waals surface area contributed by atoms with Gasteiger partial charge in [-0.25, -0.2) is 4.52 Å². The van der Waals surface area contributed by atoms with E-state index in [2.05, 4.69) is 23.1 Å². The standard InChI is InChI=1S/C29H31N5O2/c1-2-5-27-26(16-20-8-12-22(13-9-20)25-7-4-3-6-23(25)17-30)28(36)33(29-31-19-32-34(27)29)24-14-10-21(18-35)11-15-24/h3-4,6-9,12-13,19,21,24,35H,2,5,10-11,14-16,18H2,1H3. The Kier molecular flexibility index (Phi) is 6.97. The van der Waals surface area contributed by atoms with Crippen molar-refractivity contribution in [2.24, 2.45) is 5.92 Å². The SMILES string of the molecule is CCCc1c(Cc2ccc(-c3ccccc3C#N)cc2)c(=O)n(C2CCC(CO)CC2)c2ncnn12. The number of aliphatic hydroxyl groups excluding tert-OH is 1. The molecule has 1 aliphatic carbocycles. The van der Waals surface area contributed by atoms with Gasteiger partial charge in [0.05, 0.1) is 17.3 Å².